The van der Waals surface area contributed by atoms with Crippen LogP contribution in [0.25, 0.3) is 11.4 Å². The number of nitrogens with zero attached hydrogens (tertiary/aromatic N) is 2. The maximum atomic E-state index is 12.1. The van der Waals surface area contributed by atoms with Gasteiger partial charge in [-0.3, -0.25) is 19.6 Å². The van der Waals surface area contributed by atoms with Crippen molar-refractivity contribution in [2.75, 3.05) is 5.32 Å². The van der Waals surface area contributed by atoms with Crippen molar-refractivity contribution in [3.05, 3.63) is 56.2 Å². The van der Waals surface area contributed by atoms with Crippen LogP contribution in [0.3, 0.4) is 0 Å². The summed E-state index contributed by atoms with van der Waals surface area (Å²) in [5.41, 5.74) is 2.40. The van der Waals surface area contributed by atoms with Gasteiger partial charge in [0.2, 0.25) is 5.91 Å². The molecule has 7 nitrogen and oxygen atoms in total. The van der Waals surface area contributed by atoms with Gasteiger partial charge in [-0.2, -0.15) is 0 Å². The molecule has 0 aromatic carbocycles. The van der Waals surface area contributed by atoms with Gasteiger partial charge in [-0.1, -0.05) is 6.07 Å². The molecule has 0 aliphatic heterocycles. The summed E-state index contributed by atoms with van der Waals surface area (Å²) in [6, 6.07) is 5.57. The minimum Gasteiger partial charge on any atom is -0.336 e. The Balaban J connectivity index is 1.63. The number of amides is 1. The monoisotopic (exact) mass is 373 g/mol. The van der Waals surface area contributed by atoms with Gasteiger partial charge in [0.15, 0.2) is 9.90 Å². The van der Waals surface area contributed by atoms with Crippen LogP contribution in [-0.4, -0.2) is 25.8 Å². The average Bonchev–Trinajstić information content (AvgIpc) is 3.03. The second kappa shape index (κ2) is 7.49. The Labute approximate surface area is 152 Å². The van der Waals surface area contributed by atoms with E-state index in [1.165, 1.54) is 11.3 Å². The molecular weight excluding hydrogens is 358 g/mol. The molecule has 0 bridgehead atoms. The first-order valence-corrected chi connectivity index (χ1v) is 8.80. The van der Waals surface area contributed by atoms with E-state index in [9.17, 15) is 9.59 Å². The van der Waals surface area contributed by atoms with Crippen molar-refractivity contribution in [1.29, 1.82) is 0 Å². The Morgan fingerprint density at radius 1 is 1.32 bits per heavy atom. The summed E-state index contributed by atoms with van der Waals surface area (Å²) >= 11 is 6.24. The van der Waals surface area contributed by atoms with Crippen molar-refractivity contribution in [3.8, 4) is 11.4 Å². The third kappa shape index (κ3) is 4.25. The molecule has 3 N–H and O–H groups in total. The molecule has 3 aromatic rings. The third-order valence-corrected chi connectivity index (χ3v) is 4.50. The first-order chi connectivity index (χ1) is 12.0. The number of nitrogens with one attached hydrogen (secondary N) is 3. The van der Waals surface area contributed by atoms with Gasteiger partial charge in [0.1, 0.15) is 5.69 Å². The van der Waals surface area contributed by atoms with Crippen LogP contribution in [0.2, 0.25) is 0 Å². The second-order valence-corrected chi connectivity index (χ2v) is 6.58. The van der Waals surface area contributed by atoms with E-state index in [1.54, 1.807) is 13.1 Å². The number of aromatic nitrogens is 4. The van der Waals surface area contributed by atoms with Gasteiger partial charge in [0.05, 0.1) is 5.69 Å². The van der Waals surface area contributed by atoms with Crippen molar-refractivity contribution < 1.29 is 4.79 Å². The lowest BCUT2D eigenvalue weighted by Gasteiger charge is -2.04. The van der Waals surface area contributed by atoms with E-state index in [0.717, 1.165) is 5.69 Å². The molecule has 25 heavy (non-hydrogen) atoms. The zero-order valence-electron chi connectivity index (χ0n) is 13.3. The third-order valence-electron chi connectivity index (χ3n) is 3.53. The molecule has 0 aliphatic rings. The predicted molar refractivity (Wildman–Crippen MR) is 99.3 cm³/mol. The van der Waals surface area contributed by atoms with E-state index in [4.69, 9.17) is 12.2 Å². The fourth-order valence-electron chi connectivity index (χ4n) is 2.31. The molecule has 0 fully saturated rings. The van der Waals surface area contributed by atoms with Crippen LogP contribution in [-0.2, 0) is 11.2 Å². The first-order valence-electron chi connectivity index (χ1n) is 7.52. The van der Waals surface area contributed by atoms with Gasteiger partial charge in [0, 0.05) is 29.3 Å². The summed E-state index contributed by atoms with van der Waals surface area (Å²) in [6.45, 7) is 1.76. The highest BCUT2D eigenvalue weighted by atomic mass is 32.1. The predicted octanol–water partition coefficient (Wildman–Crippen LogP) is 2.83. The molecule has 3 rings (SSSR count). The molecule has 3 aromatic heterocycles. The van der Waals surface area contributed by atoms with Crippen molar-refractivity contribution in [2.24, 2.45) is 0 Å². The number of pyridine rings is 1. The van der Waals surface area contributed by atoms with Crippen LogP contribution in [0.5, 0.6) is 0 Å². The molecule has 128 valence electrons. The number of thiazole rings is 1. The van der Waals surface area contributed by atoms with Gasteiger partial charge in [-0.15, -0.1) is 11.3 Å². The summed E-state index contributed by atoms with van der Waals surface area (Å²) in [5.74, 6) is -0.205. The number of anilines is 1. The molecule has 0 saturated heterocycles. The number of H-pyrrole nitrogens is 2. The number of hydrogen-bond acceptors (Lipinski definition) is 6. The van der Waals surface area contributed by atoms with Crippen LogP contribution in [0, 0.1) is 11.7 Å². The Kier molecular flexibility index (Phi) is 5.15. The lowest BCUT2D eigenvalue weighted by molar-refractivity contribution is -0.116. The van der Waals surface area contributed by atoms with Gasteiger partial charge < -0.3 is 10.3 Å². The number of rotatable bonds is 5. The minimum absolute atomic E-state index is 0.174. The Morgan fingerprint density at radius 2 is 2.16 bits per heavy atom. The number of hydrogen-bond donors (Lipinski definition) is 3. The Hall–Kier alpha value is -2.65. The fourth-order valence-corrected chi connectivity index (χ4v) is 3.28. The summed E-state index contributed by atoms with van der Waals surface area (Å²) in [5, 5.41) is 5.09. The van der Waals surface area contributed by atoms with Crippen molar-refractivity contribution in [3.63, 3.8) is 0 Å². The van der Waals surface area contributed by atoms with Crippen LogP contribution < -0.4 is 10.9 Å². The summed E-state index contributed by atoms with van der Waals surface area (Å²) < 4.78 is 0.278. The van der Waals surface area contributed by atoms with Crippen LogP contribution in [0.1, 0.15) is 17.7 Å². The summed E-state index contributed by atoms with van der Waals surface area (Å²) in [7, 11) is 0. The van der Waals surface area contributed by atoms with E-state index < -0.39 is 0 Å². The van der Waals surface area contributed by atoms with Gasteiger partial charge in [-0.25, -0.2) is 4.98 Å². The van der Waals surface area contributed by atoms with Gasteiger partial charge in [0.25, 0.3) is 5.56 Å². The number of carbonyl (C=O) groups excluding carboxylic acids is 1. The fraction of sp³-hybridized carbons (Fsp3) is 0.188. The van der Waals surface area contributed by atoms with Crippen molar-refractivity contribution in [2.45, 2.75) is 19.8 Å². The van der Waals surface area contributed by atoms with Gasteiger partial charge >= 0.3 is 0 Å². The standard InChI is InChI=1S/C16H15N5O2S2/c1-9-10(14(23)21-15(24)18-9)5-6-13(22)20-16-19-12(8-25-16)11-4-2-3-7-17-11/h2-4,7-8H,5-6H2,1H3,(H,19,20,22)(H2,18,21,23,24). The maximum Gasteiger partial charge on any atom is 0.255 e. The van der Waals surface area contributed by atoms with Gasteiger partial charge in [-0.05, 0) is 37.7 Å². The van der Waals surface area contributed by atoms with Crippen LogP contribution >= 0.6 is 23.6 Å². The smallest absolute Gasteiger partial charge is 0.255 e. The first kappa shape index (κ1) is 17.2. The maximum absolute atomic E-state index is 12.1. The van der Waals surface area contributed by atoms with E-state index in [0.29, 0.717) is 28.5 Å². The van der Waals surface area contributed by atoms with E-state index in [-0.39, 0.29) is 22.7 Å². The molecule has 1 amide bonds. The second-order valence-electron chi connectivity index (χ2n) is 5.31. The molecule has 0 unspecified atom stereocenters. The lowest BCUT2D eigenvalue weighted by Crippen LogP contribution is -2.19. The lowest BCUT2D eigenvalue weighted by atomic mass is 10.1. The highest BCUT2D eigenvalue weighted by molar-refractivity contribution is 7.71. The van der Waals surface area contributed by atoms with Crippen LogP contribution in [0.15, 0.2) is 34.6 Å². The topological polar surface area (TPSA) is 104 Å². The number of aromatic amines is 2. The van der Waals surface area contributed by atoms with E-state index >= 15 is 0 Å². The Morgan fingerprint density at radius 3 is 2.88 bits per heavy atom. The van der Waals surface area contributed by atoms with E-state index in [2.05, 4.69) is 25.3 Å². The normalized spacial score (nSPS) is 10.6. The average molecular weight is 373 g/mol. The number of carbonyl (C=O) groups is 1. The molecule has 0 radical (unpaired) electrons. The van der Waals surface area contributed by atoms with Crippen LogP contribution in [0.4, 0.5) is 5.13 Å². The quantitative estimate of drug-likeness (QED) is 0.597. The largest absolute Gasteiger partial charge is 0.336 e. The highest BCUT2D eigenvalue weighted by Crippen LogP contribution is 2.23. The zero-order chi connectivity index (χ0) is 17.8. The molecule has 0 spiro atoms. The van der Waals surface area contributed by atoms with Crippen molar-refractivity contribution in [1.82, 2.24) is 19.9 Å². The van der Waals surface area contributed by atoms with E-state index in [1.807, 2.05) is 23.6 Å². The molecule has 3 heterocycles. The number of aryl methyl sites for hydroxylation is 1. The molecule has 9 heteroatoms. The zero-order valence-corrected chi connectivity index (χ0v) is 15.0. The molecule has 0 aliphatic carbocycles. The minimum atomic E-state index is -0.263. The summed E-state index contributed by atoms with van der Waals surface area (Å²) in [4.78, 5) is 38.0. The Bertz CT molecular complexity index is 1010. The highest BCUT2D eigenvalue weighted by Gasteiger charge is 2.11. The molecule has 0 saturated carbocycles. The van der Waals surface area contributed by atoms with Crippen molar-refractivity contribution >= 4 is 34.6 Å². The summed E-state index contributed by atoms with van der Waals surface area (Å²) in [6.07, 6.45) is 2.18. The SMILES string of the molecule is Cc1[nH]c(=S)[nH]c(=O)c1CCC(=O)Nc1nc(-c2ccccn2)cs1. The molecule has 0 atom stereocenters. The molecular formula is C16H15N5O2S2.